The van der Waals surface area contributed by atoms with Crippen LogP contribution >= 0.6 is 22.6 Å². The maximum absolute atomic E-state index is 12.6. The van der Waals surface area contributed by atoms with Crippen LogP contribution in [0.25, 0.3) is 0 Å². The summed E-state index contributed by atoms with van der Waals surface area (Å²) in [7, 11) is 0. The number of nitrogens with zero attached hydrogens (tertiary/aromatic N) is 1. The zero-order chi connectivity index (χ0) is 14.0. The van der Waals surface area contributed by atoms with Crippen molar-refractivity contribution in [2.24, 2.45) is 0 Å². The number of nitrogens with one attached hydrogen (secondary N) is 2. The van der Waals surface area contributed by atoms with Gasteiger partial charge in [-0.2, -0.15) is 13.2 Å². The summed E-state index contributed by atoms with van der Waals surface area (Å²) < 4.78 is 37.9. The van der Waals surface area contributed by atoms with Gasteiger partial charge in [0, 0.05) is 5.69 Å². The highest BCUT2D eigenvalue weighted by Gasteiger charge is 2.30. The first-order valence-electron chi connectivity index (χ1n) is 5.05. The molecule has 0 saturated heterocycles. The lowest BCUT2D eigenvalue weighted by atomic mass is 10.2. The van der Waals surface area contributed by atoms with E-state index >= 15 is 0 Å². The Morgan fingerprint density at radius 3 is 2.74 bits per heavy atom. The highest BCUT2D eigenvalue weighted by molar-refractivity contribution is 14.1. The number of aromatic nitrogens is 2. The second-order valence-electron chi connectivity index (χ2n) is 3.60. The molecule has 0 spiro atoms. The summed E-state index contributed by atoms with van der Waals surface area (Å²) in [5.74, 6) is 0.212. The standard InChI is InChI=1S/C11H7F3IN3O/c12-11(13,14)6-2-1-3-7(4-6)18-9-8(15)10(19)17-5-16-9/h1-5H,(H2,16,17,18,19). The smallest absolute Gasteiger partial charge is 0.339 e. The van der Waals surface area contributed by atoms with Gasteiger partial charge in [0.2, 0.25) is 0 Å². The number of anilines is 2. The second-order valence-corrected chi connectivity index (χ2v) is 4.68. The van der Waals surface area contributed by atoms with Gasteiger partial charge in [-0.25, -0.2) is 4.98 Å². The van der Waals surface area contributed by atoms with E-state index in [0.717, 1.165) is 12.1 Å². The van der Waals surface area contributed by atoms with Crippen molar-refractivity contribution in [3.05, 3.63) is 50.1 Å². The Morgan fingerprint density at radius 1 is 1.32 bits per heavy atom. The van der Waals surface area contributed by atoms with Crippen molar-refractivity contribution >= 4 is 34.1 Å². The summed E-state index contributed by atoms with van der Waals surface area (Å²) in [6.07, 6.45) is -3.23. The van der Waals surface area contributed by atoms with Crippen molar-refractivity contribution in [2.75, 3.05) is 5.32 Å². The van der Waals surface area contributed by atoms with Crippen LogP contribution in [0.1, 0.15) is 5.56 Å². The Labute approximate surface area is 119 Å². The Balaban J connectivity index is 2.34. The quantitative estimate of drug-likeness (QED) is 0.787. The fourth-order valence-electron chi connectivity index (χ4n) is 1.38. The van der Waals surface area contributed by atoms with Crippen LogP contribution in [0, 0.1) is 3.57 Å². The molecule has 1 heterocycles. The van der Waals surface area contributed by atoms with Crippen LogP contribution in [0.5, 0.6) is 0 Å². The molecule has 0 atom stereocenters. The molecule has 0 amide bonds. The first kappa shape index (κ1) is 13.8. The molecule has 1 aromatic carbocycles. The molecule has 0 fully saturated rings. The van der Waals surface area contributed by atoms with Gasteiger partial charge in [0.25, 0.3) is 5.56 Å². The van der Waals surface area contributed by atoms with Crippen molar-refractivity contribution in [1.29, 1.82) is 0 Å². The minimum Gasteiger partial charge on any atom is -0.339 e. The lowest BCUT2D eigenvalue weighted by molar-refractivity contribution is -0.137. The Morgan fingerprint density at radius 2 is 2.05 bits per heavy atom. The summed E-state index contributed by atoms with van der Waals surface area (Å²) in [6, 6.07) is 4.68. The Hall–Kier alpha value is -1.58. The number of halogens is 4. The SMILES string of the molecule is O=c1[nH]cnc(Nc2cccc(C(F)(F)F)c2)c1I. The molecule has 0 unspecified atom stereocenters. The fourth-order valence-corrected chi connectivity index (χ4v) is 1.81. The maximum Gasteiger partial charge on any atom is 0.416 e. The van der Waals surface area contributed by atoms with Crippen molar-refractivity contribution in [1.82, 2.24) is 9.97 Å². The maximum atomic E-state index is 12.6. The summed E-state index contributed by atoms with van der Waals surface area (Å²) in [5.41, 5.74) is -0.909. The molecular formula is C11H7F3IN3O. The van der Waals surface area contributed by atoms with E-state index in [1.807, 2.05) is 0 Å². The molecular weight excluding hydrogens is 374 g/mol. The van der Waals surface area contributed by atoms with E-state index in [1.54, 1.807) is 22.6 Å². The lowest BCUT2D eigenvalue weighted by Crippen LogP contribution is -2.13. The average molecular weight is 381 g/mol. The minimum absolute atomic E-state index is 0.212. The number of benzene rings is 1. The van der Waals surface area contributed by atoms with Crippen LogP contribution in [0.3, 0.4) is 0 Å². The predicted octanol–water partition coefficient (Wildman–Crippen LogP) is 3.14. The molecule has 0 aliphatic heterocycles. The van der Waals surface area contributed by atoms with Crippen molar-refractivity contribution < 1.29 is 13.2 Å². The zero-order valence-electron chi connectivity index (χ0n) is 9.25. The average Bonchev–Trinajstić information content (AvgIpc) is 2.34. The number of H-pyrrole nitrogens is 1. The number of rotatable bonds is 2. The Kier molecular flexibility index (Phi) is 3.78. The van der Waals surface area contributed by atoms with Crippen LogP contribution in [0.2, 0.25) is 0 Å². The van der Waals surface area contributed by atoms with E-state index in [2.05, 4.69) is 15.3 Å². The third-order valence-corrected chi connectivity index (χ3v) is 3.25. The number of hydrogen-bond acceptors (Lipinski definition) is 3. The predicted molar refractivity (Wildman–Crippen MR) is 72.3 cm³/mol. The van der Waals surface area contributed by atoms with Crippen LogP contribution in [-0.2, 0) is 6.18 Å². The van der Waals surface area contributed by atoms with Crippen molar-refractivity contribution in [3.63, 3.8) is 0 Å². The molecule has 100 valence electrons. The topological polar surface area (TPSA) is 57.8 Å². The molecule has 2 N–H and O–H groups in total. The zero-order valence-corrected chi connectivity index (χ0v) is 11.4. The molecule has 1 aromatic heterocycles. The van der Waals surface area contributed by atoms with Crippen LogP contribution in [0.4, 0.5) is 24.7 Å². The Bertz CT molecular complexity index is 654. The lowest BCUT2D eigenvalue weighted by Gasteiger charge is -2.10. The largest absolute Gasteiger partial charge is 0.416 e. The second kappa shape index (κ2) is 5.19. The highest BCUT2D eigenvalue weighted by atomic mass is 127. The van der Waals surface area contributed by atoms with Crippen LogP contribution in [-0.4, -0.2) is 9.97 Å². The molecule has 0 aliphatic rings. The number of hydrogen-bond donors (Lipinski definition) is 2. The van der Waals surface area contributed by atoms with Crippen LogP contribution in [0.15, 0.2) is 35.4 Å². The van der Waals surface area contributed by atoms with E-state index in [-0.39, 0.29) is 20.6 Å². The van der Waals surface area contributed by atoms with Gasteiger partial charge in [-0.3, -0.25) is 4.79 Å². The summed E-state index contributed by atoms with van der Waals surface area (Å²) in [5, 5.41) is 2.69. The molecule has 19 heavy (non-hydrogen) atoms. The third kappa shape index (κ3) is 3.25. The summed E-state index contributed by atoms with van der Waals surface area (Å²) in [6.45, 7) is 0. The summed E-state index contributed by atoms with van der Waals surface area (Å²) >= 11 is 1.77. The van der Waals surface area contributed by atoms with Gasteiger partial charge < -0.3 is 10.3 Å². The minimum atomic E-state index is -4.41. The molecule has 2 aromatic rings. The molecule has 4 nitrogen and oxygen atoms in total. The van der Waals surface area contributed by atoms with Gasteiger partial charge in [0.05, 0.1) is 11.9 Å². The summed E-state index contributed by atoms with van der Waals surface area (Å²) in [4.78, 5) is 17.6. The first-order chi connectivity index (χ1) is 8.88. The molecule has 0 saturated carbocycles. The highest BCUT2D eigenvalue weighted by Crippen LogP contribution is 2.31. The van der Waals surface area contributed by atoms with Gasteiger partial charge >= 0.3 is 6.18 Å². The van der Waals surface area contributed by atoms with Crippen molar-refractivity contribution in [2.45, 2.75) is 6.18 Å². The molecule has 0 aliphatic carbocycles. The molecule has 0 bridgehead atoms. The van der Waals surface area contributed by atoms with Gasteiger partial charge in [0.15, 0.2) is 5.82 Å². The van der Waals surface area contributed by atoms with E-state index in [0.29, 0.717) is 0 Å². The van der Waals surface area contributed by atoms with E-state index < -0.39 is 11.7 Å². The van der Waals surface area contributed by atoms with E-state index in [4.69, 9.17) is 0 Å². The van der Waals surface area contributed by atoms with Gasteiger partial charge in [-0.05, 0) is 40.8 Å². The van der Waals surface area contributed by atoms with Crippen molar-refractivity contribution in [3.8, 4) is 0 Å². The van der Waals surface area contributed by atoms with E-state index in [9.17, 15) is 18.0 Å². The van der Waals surface area contributed by atoms with E-state index in [1.165, 1.54) is 18.5 Å². The number of aromatic amines is 1. The fraction of sp³-hybridized carbons (Fsp3) is 0.0909. The van der Waals surface area contributed by atoms with Gasteiger partial charge in [0.1, 0.15) is 3.57 Å². The number of alkyl halides is 3. The third-order valence-electron chi connectivity index (χ3n) is 2.25. The molecule has 8 heteroatoms. The normalized spacial score (nSPS) is 11.4. The monoisotopic (exact) mass is 381 g/mol. The van der Waals surface area contributed by atoms with Gasteiger partial charge in [-0.1, -0.05) is 6.07 Å². The van der Waals surface area contributed by atoms with Gasteiger partial charge in [-0.15, -0.1) is 0 Å². The molecule has 0 radical (unpaired) electrons. The van der Waals surface area contributed by atoms with Crippen LogP contribution < -0.4 is 10.9 Å². The molecule has 2 rings (SSSR count). The first-order valence-corrected chi connectivity index (χ1v) is 6.13.